The van der Waals surface area contributed by atoms with Crippen LogP contribution in [0.25, 0.3) is 0 Å². The molecule has 0 aliphatic rings. The number of rotatable bonds is 8. The molecular formula is C14H23NOS. The summed E-state index contributed by atoms with van der Waals surface area (Å²) in [5, 5.41) is 5.08. The first-order valence-electron chi connectivity index (χ1n) is 6.47. The molecule has 0 atom stereocenters. The van der Waals surface area contributed by atoms with Gasteiger partial charge in [0.25, 0.3) is 0 Å². The van der Waals surface area contributed by atoms with Gasteiger partial charge in [-0.1, -0.05) is 19.9 Å². The average molecular weight is 253 g/mol. The van der Waals surface area contributed by atoms with Gasteiger partial charge in [0.05, 0.1) is 0 Å². The second-order valence-electron chi connectivity index (χ2n) is 4.82. The normalized spacial score (nSPS) is 10.8. The van der Waals surface area contributed by atoms with Crippen molar-refractivity contribution in [1.82, 2.24) is 5.32 Å². The molecule has 1 aromatic rings. The zero-order valence-electron chi connectivity index (χ0n) is 10.9. The van der Waals surface area contributed by atoms with Gasteiger partial charge in [0.15, 0.2) is 0 Å². The Morgan fingerprint density at radius 2 is 2.24 bits per heavy atom. The Balaban J connectivity index is 1.97. The van der Waals surface area contributed by atoms with Gasteiger partial charge in [0, 0.05) is 17.8 Å². The van der Waals surface area contributed by atoms with Crippen molar-refractivity contribution in [2.75, 3.05) is 6.54 Å². The molecular weight excluding hydrogens is 230 g/mol. The van der Waals surface area contributed by atoms with E-state index in [0.717, 1.165) is 32.2 Å². The minimum absolute atomic E-state index is 0.205. The van der Waals surface area contributed by atoms with Crippen LogP contribution in [0.4, 0.5) is 0 Å². The highest BCUT2D eigenvalue weighted by molar-refractivity contribution is 7.09. The summed E-state index contributed by atoms with van der Waals surface area (Å²) in [5.74, 6) is 0.867. The van der Waals surface area contributed by atoms with Crippen LogP contribution >= 0.6 is 11.3 Å². The monoisotopic (exact) mass is 253 g/mol. The van der Waals surface area contributed by atoms with Crippen LogP contribution in [0.3, 0.4) is 0 Å². The summed E-state index contributed by atoms with van der Waals surface area (Å²) in [6.07, 6.45) is 4.95. The van der Waals surface area contributed by atoms with Gasteiger partial charge in [-0.05, 0) is 43.0 Å². The summed E-state index contributed by atoms with van der Waals surface area (Å²) < 4.78 is 0. The van der Waals surface area contributed by atoms with Crippen LogP contribution in [0.5, 0.6) is 0 Å². The van der Waals surface area contributed by atoms with Gasteiger partial charge in [-0.3, -0.25) is 4.79 Å². The van der Waals surface area contributed by atoms with E-state index in [9.17, 15) is 4.79 Å². The van der Waals surface area contributed by atoms with Crippen LogP contribution < -0.4 is 5.32 Å². The number of nitrogens with one attached hydrogen (secondary N) is 1. The molecule has 0 aliphatic heterocycles. The summed E-state index contributed by atoms with van der Waals surface area (Å²) in [6.45, 7) is 5.17. The molecule has 0 radical (unpaired) electrons. The molecule has 0 spiro atoms. The minimum atomic E-state index is 0.205. The number of amides is 1. The molecule has 1 heterocycles. The smallest absolute Gasteiger partial charge is 0.219 e. The topological polar surface area (TPSA) is 29.1 Å². The van der Waals surface area contributed by atoms with Gasteiger partial charge >= 0.3 is 0 Å². The van der Waals surface area contributed by atoms with E-state index in [2.05, 4.69) is 36.7 Å². The third-order valence-corrected chi connectivity index (χ3v) is 3.64. The molecule has 0 fully saturated rings. The summed E-state index contributed by atoms with van der Waals surface area (Å²) in [6, 6.07) is 4.24. The molecule has 3 heteroatoms. The predicted octanol–water partition coefficient (Wildman–Crippen LogP) is 3.62. The van der Waals surface area contributed by atoms with E-state index in [-0.39, 0.29) is 5.91 Å². The maximum Gasteiger partial charge on any atom is 0.219 e. The van der Waals surface area contributed by atoms with E-state index in [4.69, 9.17) is 0 Å². The van der Waals surface area contributed by atoms with Crippen LogP contribution in [-0.4, -0.2) is 12.5 Å². The Labute approximate surface area is 108 Å². The average Bonchev–Trinajstić information content (AvgIpc) is 2.76. The lowest BCUT2D eigenvalue weighted by atomic mass is 10.1. The van der Waals surface area contributed by atoms with Crippen molar-refractivity contribution < 1.29 is 4.79 Å². The number of hydrogen-bond acceptors (Lipinski definition) is 2. The van der Waals surface area contributed by atoms with Crippen LogP contribution in [-0.2, 0) is 11.2 Å². The molecule has 0 aromatic carbocycles. The summed E-state index contributed by atoms with van der Waals surface area (Å²) in [7, 11) is 0. The Morgan fingerprint density at radius 1 is 1.41 bits per heavy atom. The molecule has 1 rings (SSSR count). The largest absolute Gasteiger partial charge is 0.356 e. The van der Waals surface area contributed by atoms with Gasteiger partial charge < -0.3 is 5.32 Å². The Hall–Kier alpha value is -0.830. The molecule has 0 aliphatic carbocycles. The van der Waals surface area contributed by atoms with Crippen LogP contribution in [0.15, 0.2) is 17.5 Å². The Morgan fingerprint density at radius 3 is 2.88 bits per heavy atom. The summed E-state index contributed by atoms with van der Waals surface area (Å²) >= 11 is 1.80. The van der Waals surface area contributed by atoms with Crippen molar-refractivity contribution in [2.24, 2.45) is 5.92 Å². The molecule has 2 nitrogen and oxygen atoms in total. The van der Waals surface area contributed by atoms with E-state index in [0.29, 0.717) is 12.3 Å². The first-order chi connectivity index (χ1) is 8.18. The zero-order valence-corrected chi connectivity index (χ0v) is 11.7. The predicted molar refractivity (Wildman–Crippen MR) is 74.3 cm³/mol. The SMILES string of the molecule is CC(C)CCNC(=O)CCCCc1cccs1. The van der Waals surface area contributed by atoms with E-state index >= 15 is 0 Å². The number of thiophene rings is 1. The maximum atomic E-state index is 11.5. The van der Waals surface area contributed by atoms with Crippen LogP contribution in [0.1, 0.15) is 44.4 Å². The molecule has 1 aromatic heterocycles. The van der Waals surface area contributed by atoms with E-state index in [1.165, 1.54) is 4.88 Å². The van der Waals surface area contributed by atoms with Gasteiger partial charge in [-0.25, -0.2) is 0 Å². The van der Waals surface area contributed by atoms with Crippen LogP contribution in [0, 0.1) is 5.92 Å². The van der Waals surface area contributed by atoms with E-state index in [1.807, 2.05) is 0 Å². The van der Waals surface area contributed by atoms with Gasteiger partial charge in [-0.2, -0.15) is 0 Å². The van der Waals surface area contributed by atoms with E-state index < -0.39 is 0 Å². The number of unbranched alkanes of at least 4 members (excludes halogenated alkanes) is 1. The van der Waals surface area contributed by atoms with Crippen molar-refractivity contribution in [1.29, 1.82) is 0 Å². The Kier molecular flexibility index (Phi) is 6.94. The molecule has 0 bridgehead atoms. The lowest BCUT2D eigenvalue weighted by Gasteiger charge is -2.06. The standard InChI is InChI=1S/C14H23NOS/c1-12(2)9-10-15-14(16)8-4-3-6-13-7-5-11-17-13/h5,7,11-12H,3-4,6,8-10H2,1-2H3,(H,15,16). The fourth-order valence-electron chi connectivity index (χ4n) is 1.63. The zero-order chi connectivity index (χ0) is 12.5. The third kappa shape index (κ3) is 7.16. The van der Waals surface area contributed by atoms with Crippen molar-refractivity contribution >= 4 is 17.2 Å². The third-order valence-electron chi connectivity index (χ3n) is 2.70. The highest BCUT2D eigenvalue weighted by atomic mass is 32.1. The fourth-order valence-corrected chi connectivity index (χ4v) is 2.38. The lowest BCUT2D eigenvalue weighted by Crippen LogP contribution is -2.24. The minimum Gasteiger partial charge on any atom is -0.356 e. The molecule has 17 heavy (non-hydrogen) atoms. The van der Waals surface area contributed by atoms with Gasteiger partial charge in [0.2, 0.25) is 5.91 Å². The number of carbonyl (C=O) groups excluding carboxylic acids is 1. The van der Waals surface area contributed by atoms with Gasteiger partial charge in [0.1, 0.15) is 0 Å². The second-order valence-corrected chi connectivity index (χ2v) is 5.85. The first kappa shape index (κ1) is 14.2. The van der Waals surface area contributed by atoms with Gasteiger partial charge in [-0.15, -0.1) is 11.3 Å². The van der Waals surface area contributed by atoms with Crippen LogP contribution in [0.2, 0.25) is 0 Å². The highest BCUT2D eigenvalue weighted by Gasteiger charge is 2.02. The summed E-state index contributed by atoms with van der Waals surface area (Å²) in [4.78, 5) is 12.9. The Bertz CT molecular complexity index is 306. The molecule has 96 valence electrons. The molecule has 0 saturated carbocycles. The number of carbonyl (C=O) groups is 1. The number of aryl methyl sites for hydroxylation is 1. The van der Waals surface area contributed by atoms with Crippen molar-refractivity contribution in [3.8, 4) is 0 Å². The molecule has 0 unspecified atom stereocenters. The fraction of sp³-hybridized carbons (Fsp3) is 0.643. The number of hydrogen-bond donors (Lipinski definition) is 1. The van der Waals surface area contributed by atoms with Crippen molar-refractivity contribution in [3.05, 3.63) is 22.4 Å². The molecule has 1 amide bonds. The lowest BCUT2D eigenvalue weighted by molar-refractivity contribution is -0.121. The van der Waals surface area contributed by atoms with Crippen molar-refractivity contribution in [2.45, 2.75) is 46.0 Å². The molecule has 0 saturated heterocycles. The molecule has 1 N–H and O–H groups in total. The quantitative estimate of drug-likeness (QED) is 0.704. The maximum absolute atomic E-state index is 11.5. The highest BCUT2D eigenvalue weighted by Crippen LogP contribution is 2.12. The summed E-state index contributed by atoms with van der Waals surface area (Å²) in [5.41, 5.74) is 0. The van der Waals surface area contributed by atoms with Crippen molar-refractivity contribution in [3.63, 3.8) is 0 Å². The first-order valence-corrected chi connectivity index (χ1v) is 7.35. The second kappa shape index (κ2) is 8.29. The van der Waals surface area contributed by atoms with E-state index in [1.54, 1.807) is 11.3 Å².